The van der Waals surface area contributed by atoms with E-state index in [9.17, 15) is 19.1 Å². The summed E-state index contributed by atoms with van der Waals surface area (Å²) in [6.45, 7) is 3.35. The van der Waals surface area contributed by atoms with Crippen molar-refractivity contribution >= 4 is 34.8 Å². The molecule has 0 radical (unpaired) electrons. The molecule has 0 spiro atoms. The monoisotopic (exact) mass is 481 g/mol. The van der Waals surface area contributed by atoms with Gasteiger partial charge in [0.1, 0.15) is 22.2 Å². The Balaban J connectivity index is 1.81. The second-order valence-electron chi connectivity index (χ2n) is 7.19. The van der Waals surface area contributed by atoms with E-state index in [-0.39, 0.29) is 35.9 Å². The van der Waals surface area contributed by atoms with Crippen LogP contribution in [-0.4, -0.2) is 33.9 Å². The number of aromatic nitrogens is 2. The largest absolute Gasteiger partial charge is 0.481 e. The second kappa shape index (κ2) is 9.84. The molecular weight excluding hydrogens is 461 g/mol. The summed E-state index contributed by atoms with van der Waals surface area (Å²) in [5.74, 6) is -1.30. The molecule has 0 saturated carbocycles. The second-order valence-corrected chi connectivity index (χ2v) is 8.05. The summed E-state index contributed by atoms with van der Waals surface area (Å²) in [6.07, 6.45) is -0.939. The third kappa shape index (κ3) is 4.53. The van der Waals surface area contributed by atoms with Gasteiger partial charge in [-0.15, -0.1) is 11.3 Å². The topological polar surface area (TPSA) is 106 Å². The summed E-state index contributed by atoms with van der Waals surface area (Å²) >= 11 is 1.29. The molecule has 0 saturated heterocycles. The van der Waals surface area contributed by atoms with Gasteiger partial charge in [0.2, 0.25) is 0 Å². The number of hydrogen-bond acceptors (Lipinski definition) is 7. The number of carboxylic acid groups (broad SMARTS) is 1. The number of rotatable bonds is 7. The fourth-order valence-corrected chi connectivity index (χ4v) is 4.35. The smallest absolute Gasteiger partial charge is 0.419 e. The standard InChI is InChI=1S/C24H20FN3O5S/c1-3-32-24(31)28(19-11-7-6-10-17(19)25)22-14(2)33-27-21(22)18-13-34-23(26-18)16-9-5-4-8-15(16)12-20(29)30/h4-11,13H,3,12H2,1-2H3,(H,29,30). The molecule has 174 valence electrons. The van der Waals surface area contributed by atoms with Crippen LogP contribution in [0.5, 0.6) is 0 Å². The van der Waals surface area contributed by atoms with Gasteiger partial charge in [-0.2, -0.15) is 0 Å². The van der Waals surface area contributed by atoms with E-state index < -0.39 is 17.9 Å². The molecule has 0 aliphatic heterocycles. The molecule has 0 unspecified atom stereocenters. The zero-order chi connectivity index (χ0) is 24.2. The Labute approximate surface area is 198 Å². The van der Waals surface area contributed by atoms with E-state index in [1.165, 1.54) is 29.5 Å². The number of amides is 1. The average Bonchev–Trinajstić information content (AvgIpc) is 3.43. The number of carbonyl (C=O) groups excluding carboxylic acids is 1. The van der Waals surface area contributed by atoms with Gasteiger partial charge >= 0.3 is 12.1 Å². The lowest BCUT2D eigenvalue weighted by Crippen LogP contribution is -2.28. The maximum Gasteiger partial charge on any atom is 0.419 e. The number of halogens is 1. The van der Waals surface area contributed by atoms with Crippen LogP contribution in [0.4, 0.5) is 20.6 Å². The van der Waals surface area contributed by atoms with Gasteiger partial charge in [0.15, 0.2) is 11.5 Å². The number of aliphatic carboxylic acids is 1. The number of anilines is 2. The van der Waals surface area contributed by atoms with E-state index in [1.54, 1.807) is 49.6 Å². The van der Waals surface area contributed by atoms with Crippen LogP contribution in [0.2, 0.25) is 0 Å². The Morgan fingerprint density at radius 1 is 1.18 bits per heavy atom. The summed E-state index contributed by atoms with van der Waals surface area (Å²) in [6, 6.07) is 12.9. The fraction of sp³-hybridized carbons (Fsp3) is 0.167. The molecule has 1 amide bonds. The van der Waals surface area contributed by atoms with Crippen molar-refractivity contribution in [2.75, 3.05) is 11.5 Å². The van der Waals surface area contributed by atoms with Crippen molar-refractivity contribution in [3.8, 4) is 22.0 Å². The highest BCUT2D eigenvalue weighted by Crippen LogP contribution is 2.40. The normalized spacial score (nSPS) is 10.8. The molecule has 0 aliphatic rings. The predicted molar refractivity (Wildman–Crippen MR) is 125 cm³/mol. The molecule has 4 rings (SSSR count). The molecule has 4 aromatic rings. The van der Waals surface area contributed by atoms with Crippen molar-refractivity contribution in [2.45, 2.75) is 20.3 Å². The summed E-state index contributed by atoms with van der Waals surface area (Å²) in [7, 11) is 0. The van der Waals surface area contributed by atoms with Gasteiger partial charge in [-0.3, -0.25) is 4.79 Å². The predicted octanol–water partition coefficient (Wildman–Crippen LogP) is 5.83. The number of ether oxygens (including phenoxy) is 1. The van der Waals surface area contributed by atoms with Gasteiger partial charge in [0.25, 0.3) is 0 Å². The highest BCUT2D eigenvalue weighted by molar-refractivity contribution is 7.13. The minimum absolute atomic E-state index is 0.0178. The SMILES string of the molecule is CCOC(=O)N(c1ccccc1F)c1c(-c2csc(-c3ccccc3CC(=O)O)n2)noc1C. The number of hydrogen-bond donors (Lipinski definition) is 1. The van der Waals surface area contributed by atoms with Gasteiger partial charge in [0.05, 0.1) is 18.7 Å². The van der Waals surface area contributed by atoms with E-state index in [4.69, 9.17) is 9.26 Å². The fourth-order valence-electron chi connectivity index (χ4n) is 3.48. The quantitative estimate of drug-likeness (QED) is 0.354. The molecule has 1 N–H and O–H groups in total. The Morgan fingerprint density at radius 2 is 1.91 bits per heavy atom. The lowest BCUT2D eigenvalue weighted by molar-refractivity contribution is -0.136. The molecule has 0 bridgehead atoms. The zero-order valence-electron chi connectivity index (χ0n) is 18.3. The highest BCUT2D eigenvalue weighted by Gasteiger charge is 2.31. The number of para-hydroxylation sites is 1. The van der Waals surface area contributed by atoms with Crippen molar-refractivity contribution < 1.29 is 28.3 Å². The van der Waals surface area contributed by atoms with Crippen LogP contribution in [0.1, 0.15) is 18.2 Å². The van der Waals surface area contributed by atoms with Crippen LogP contribution >= 0.6 is 11.3 Å². The lowest BCUT2D eigenvalue weighted by atomic mass is 10.1. The van der Waals surface area contributed by atoms with Crippen molar-refractivity contribution in [1.82, 2.24) is 10.1 Å². The average molecular weight is 482 g/mol. The van der Waals surface area contributed by atoms with Crippen LogP contribution in [0.15, 0.2) is 58.4 Å². The molecule has 34 heavy (non-hydrogen) atoms. The molecule has 10 heteroatoms. The number of carbonyl (C=O) groups is 2. The first kappa shape index (κ1) is 23.1. The van der Waals surface area contributed by atoms with Gasteiger partial charge < -0.3 is 14.4 Å². The molecule has 8 nitrogen and oxygen atoms in total. The van der Waals surface area contributed by atoms with Gasteiger partial charge in [-0.25, -0.2) is 19.1 Å². The zero-order valence-corrected chi connectivity index (χ0v) is 19.1. The summed E-state index contributed by atoms with van der Waals surface area (Å²) < 4.78 is 25.3. The highest BCUT2D eigenvalue weighted by atomic mass is 32.1. The van der Waals surface area contributed by atoms with Gasteiger partial charge in [-0.1, -0.05) is 41.6 Å². The molecular formula is C24H20FN3O5S. The maximum atomic E-state index is 14.7. The maximum absolute atomic E-state index is 14.7. The van der Waals surface area contributed by atoms with Crippen LogP contribution in [-0.2, 0) is 16.0 Å². The van der Waals surface area contributed by atoms with Crippen molar-refractivity contribution in [3.63, 3.8) is 0 Å². The Hall–Kier alpha value is -4.05. The number of carboxylic acids is 1. The third-order valence-electron chi connectivity index (χ3n) is 4.94. The van der Waals surface area contributed by atoms with Crippen LogP contribution in [0.25, 0.3) is 22.0 Å². The molecule has 2 heterocycles. The van der Waals surface area contributed by atoms with E-state index in [2.05, 4.69) is 10.1 Å². The molecule has 0 aliphatic carbocycles. The van der Waals surface area contributed by atoms with Crippen LogP contribution < -0.4 is 4.90 Å². The van der Waals surface area contributed by atoms with Crippen molar-refractivity contribution in [2.24, 2.45) is 0 Å². The van der Waals surface area contributed by atoms with Crippen molar-refractivity contribution in [1.29, 1.82) is 0 Å². The Kier molecular flexibility index (Phi) is 6.69. The first-order chi connectivity index (χ1) is 16.4. The van der Waals surface area contributed by atoms with Crippen LogP contribution in [0.3, 0.4) is 0 Å². The van der Waals surface area contributed by atoms with E-state index in [0.717, 1.165) is 4.90 Å². The molecule has 2 aromatic heterocycles. The Bertz CT molecular complexity index is 1350. The first-order valence-corrected chi connectivity index (χ1v) is 11.2. The molecule has 0 atom stereocenters. The van der Waals surface area contributed by atoms with Gasteiger partial charge in [-0.05, 0) is 31.5 Å². The number of aryl methyl sites for hydroxylation is 1. The number of benzene rings is 2. The first-order valence-electron chi connectivity index (χ1n) is 10.3. The number of nitrogens with zero attached hydrogens (tertiary/aromatic N) is 3. The van der Waals surface area contributed by atoms with E-state index >= 15 is 0 Å². The van der Waals surface area contributed by atoms with Gasteiger partial charge in [0, 0.05) is 10.9 Å². The summed E-state index contributed by atoms with van der Waals surface area (Å²) in [5, 5.41) is 15.6. The summed E-state index contributed by atoms with van der Waals surface area (Å²) in [4.78, 5) is 29.9. The van der Waals surface area contributed by atoms with Crippen molar-refractivity contribution in [3.05, 3.63) is 71.1 Å². The third-order valence-corrected chi connectivity index (χ3v) is 5.81. The molecule has 0 fully saturated rings. The minimum atomic E-state index is -0.950. The number of thiazole rings is 1. The minimum Gasteiger partial charge on any atom is -0.481 e. The van der Waals surface area contributed by atoms with E-state index in [0.29, 0.717) is 21.8 Å². The Morgan fingerprint density at radius 3 is 2.65 bits per heavy atom. The molecule has 2 aromatic carbocycles. The summed E-state index contributed by atoms with van der Waals surface area (Å²) in [5.41, 5.74) is 2.11. The van der Waals surface area contributed by atoms with Crippen LogP contribution in [0, 0.1) is 12.7 Å². The van der Waals surface area contributed by atoms with E-state index in [1.807, 2.05) is 0 Å². The lowest BCUT2D eigenvalue weighted by Gasteiger charge is -2.22.